The fraction of sp³-hybridized carbons (Fsp3) is 0.588. The quantitative estimate of drug-likeness (QED) is 0.548. The molecule has 0 aromatic heterocycles. The molecule has 10 heteroatoms. The molecule has 1 aliphatic heterocycles. The number of carbonyl (C=O) groups is 1. The first kappa shape index (κ1) is 21.3. The van der Waals surface area contributed by atoms with Gasteiger partial charge in [-0.25, -0.2) is 4.79 Å². The molecule has 0 saturated heterocycles. The molecule has 0 saturated carbocycles. The number of rotatable bonds is 2. The first-order valence-electron chi connectivity index (χ1n) is 8.23. The van der Waals surface area contributed by atoms with Gasteiger partial charge >= 0.3 is 21.7 Å². The lowest BCUT2D eigenvalue weighted by Gasteiger charge is -2.33. The maximum atomic E-state index is 12.6. The molecule has 1 aromatic rings. The molecule has 0 atom stereocenters. The van der Waals surface area contributed by atoms with Crippen LogP contribution in [0.1, 0.15) is 43.0 Å². The van der Waals surface area contributed by atoms with E-state index in [1.807, 2.05) is 0 Å². The van der Waals surface area contributed by atoms with Crippen LogP contribution in [-0.2, 0) is 27.8 Å². The van der Waals surface area contributed by atoms with E-state index in [0.717, 1.165) is 5.56 Å². The minimum absolute atomic E-state index is 0.225. The third-order valence-electron chi connectivity index (χ3n) is 4.13. The normalized spacial score (nSPS) is 15.3. The van der Waals surface area contributed by atoms with Crippen LogP contribution in [0.25, 0.3) is 0 Å². The Morgan fingerprint density at radius 3 is 2.26 bits per heavy atom. The van der Waals surface area contributed by atoms with Crippen LogP contribution in [0.2, 0.25) is 0 Å². The van der Waals surface area contributed by atoms with Gasteiger partial charge in [0.05, 0.1) is 0 Å². The van der Waals surface area contributed by atoms with E-state index >= 15 is 0 Å². The summed E-state index contributed by atoms with van der Waals surface area (Å²) >= 11 is 0. The number of ether oxygens (including phenoxy) is 1. The standard InChI is InChI=1S/C17H22F3NO5S/c1-10-8-14(26-27(23,24)17(18,19)20)11(2)12-6-7-21(9-13(10)12)15(22)25-16(3,4)5/h8H,6-7,9H2,1-5H3. The molecule has 0 radical (unpaired) electrons. The molecule has 0 spiro atoms. The van der Waals surface area contributed by atoms with Crippen LogP contribution >= 0.6 is 0 Å². The van der Waals surface area contributed by atoms with Crippen LogP contribution < -0.4 is 4.18 Å². The number of nitrogens with zero attached hydrogens (tertiary/aromatic N) is 1. The van der Waals surface area contributed by atoms with Crippen LogP contribution in [-0.4, -0.2) is 37.1 Å². The van der Waals surface area contributed by atoms with Gasteiger partial charge in [0.15, 0.2) is 0 Å². The van der Waals surface area contributed by atoms with Gasteiger partial charge in [-0.2, -0.15) is 21.6 Å². The summed E-state index contributed by atoms with van der Waals surface area (Å²) in [6, 6.07) is 1.25. The highest BCUT2D eigenvalue weighted by atomic mass is 32.2. The second kappa shape index (κ2) is 6.88. The van der Waals surface area contributed by atoms with E-state index in [2.05, 4.69) is 4.18 Å². The van der Waals surface area contributed by atoms with Crippen molar-refractivity contribution in [1.29, 1.82) is 0 Å². The highest BCUT2D eigenvalue weighted by molar-refractivity contribution is 7.88. The summed E-state index contributed by atoms with van der Waals surface area (Å²) in [4.78, 5) is 13.8. The largest absolute Gasteiger partial charge is 0.534 e. The van der Waals surface area contributed by atoms with Gasteiger partial charge in [-0.05, 0) is 69.4 Å². The van der Waals surface area contributed by atoms with Crippen molar-refractivity contribution < 1.29 is 35.3 Å². The Hall–Kier alpha value is -1.97. The summed E-state index contributed by atoms with van der Waals surface area (Å²) in [5, 5.41) is 0. The monoisotopic (exact) mass is 409 g/mol. The van der Waals surface area contributed by atoms with Crippen LogP contribution in [0, 0.1) is 13.8 Å². The zero-order valence-electron chi connectivity index (χ0n) is 15.7. The summed E-state index contributed by atoms with van der Waals surface area (Å²) in [5.41, 5.74) is -3.87. The Morgan fingerprint density at radius 1 is 1.15 bits per heavy atom. The SMILES string of the molecule is Cc1cc(OS(=O)(=O)C(F)(F)F)c(C)c2c1CN(C(=O)OC(C)(C)C)CC2. The van der Waals surface area contributed by atoms with Crippen LogP contribution in [0.5, 0.6) is 5.75 Å². The average molecular weight is 409 g/mol. The zero-order valence-corrected chi connectivity index (χ0v) is 16.5. The number of hydrogen-bond donors (Lipinski definition) is 0. The maximum Gasteiger partial charge on any atom is 0.534 e. The van der Waals surface area contributed by atoms with E-state index in [9.17, 15) is 26.4 Å². The Balaban J connectivity index is 2.33. The predicted octanol–water partition coefficient (Wildman–Crippen LogP) is 3.83. The van der Waals surface area contributed by atoms with Gasteiger partial charge in [0.2, 0.25) is 0 Å². The van der Waals surface area contributed by atoms with Gasteiger partial charge in [0, 0.05) is 13.1 Å². The highest BCUT2D eigenvalue weighted by Crippen LogP contribution is 2.35. The number of halogens is 3. The molecule has 0 N–H and O–H groups in total. The van der Waals surface area contributed by atoms with E-state index in [4.69, 9.17) is 4.74 Å². The summed E-state index contributed by atoms with van der Waals surface area (Å²) < 4.78 is 70.1. The van der Waals surface area contributed by atoms with Gasteiger partial charge in [-0.15, -0.1) is 0 Å². The van der Waals surface area contributed by atoms with E-state index in [1.54, 1.807) is 27.7 Å². The molecular weight excluding hydrogens is 387 g/mol. The van der Waals surface area contributed by atoms with E-state index in [0.29, 0.717) is 29.7 Å². The average Bonchev–Trinajstić information content (AvgIpc) is 2.49. The molecule has 1 aromatic carbocycles. The molecule has 0 fully saturated rings. The van der Waals surface area contributed by atoms with Crippen molar-refractivity contribution in [1.82, 2.24) is 4.90 Å². The zero-order chi connectivity index (χ0) is 20.8. The number of amides is 1. The summed E-state index contributed by atoms with van der Waals surface area (Å²) in [7, 11) is -5.75. The molecule has 1 aliphatic rings. The smallest absolute Gasteiger partial charge is 0.444 e. The molecule has 6 nitrogen and oxygen atoms in total. The lowest BCUT2D eigenvalue weighted by atomic mass is 9.91. The Morgan fingerprint density at radius 2 is 1.74 bits per heavy atom. The Kier molecular flexibility index (Phi) is 5.44. The first-order valence-corrected chi connectivity index (χ1v) is 9.64. The van der Waals surface area contributed by atoms with Gasteiger partial charge < -0.3 is 13.8 Å². The van der Waals surface area contributed by atoms with Crippen molar-refractivity contribution >= 4 is 16.2 Å². The van der Waals surface area contributed by atoms with Crippen molar-refractivity contribution in [3.05, 3.63) is 28.3 Å². The van der Waals surface area contributed by atoms with Crippen LogP contribution in [0.4, 0.5) is 18.0 Å². The topological polar surface area (TPSA) is 72.9 Å². The third kappa shape index (κ3) is 4.66. The molecule has 0 aliphatic carbocycles. The second-order valence-electron chi connectivity index (χ2n) is 7.41. The molecule has 0 bridgehead atoms. The van der Waals surface area contributed by atoms with Gasteiger partial charge in [-0.3, -0.25) is 0 Å². The van der Waals surface area contributed by atoms with Crippen LogP contribution in [0.3, 0.4) is 0 Å². The summed E-state index contributed by atoms with van der Waals surface area (Å²) in [6.45, 7) is 8.92. The lowest BCUT2D eigenvalue weighted by Crippen LogP contribution is -2.40. The second-order valence-corrected chi connectivity index (χ2v) is 8.95. The summed E-state index contributed by atoms with van der Waals surface area (Å²) in [6.07, 6.45) is -0.130. The van der Waals surface area contributed by atoms with Crippen molar-refractivity contribution in [2.75, 3.05) is 6.54 Å². The molecule has 152 valence electrons. The minimum atomic E-state index is -5.75. The number of benzene rings is 1. The van der Waals surface area contributed by atoms with E-state index in [1.165, 1.54) is 17.9 Å². The van der Waals surface area contributed by atoms with E-state index in [-0.39, 0.29) is 12.3 Å². The van der Waals surface area contributed by atoms with Crippen LogP contribution in [0.15, 0.2) is 6.07 Å². The Labute approximate surface area is 156 Å². The Bertz CT molecular complexity index is 857. The molecule has 2 rings (SSSR count). The van der Waals surface area contributed by atoms with Gasteiger partial charge in [-0.1, -0.05) is 0 Å². The fourth-order valence-electron chi connectivity index (χ4n) is 2.81. The lowest BCUT2D eigenvalue weighted by molar-refractivity contribution is -0.0500. The number of fused-ring (bicyclic) bond motifs is 1. The first-order chi connectivity index (χ1) is 12.1. The molecule has 1 amide bonds. The van der Waals surface area contributed by atoms with Gasteiger partial charge in [0.1, 0.15) is 11.4 Å². The highest BCUT2D eigenvalue weighted by Gasteiger charge is 2.49. The number of alkyl halides is 3. The summed E-state index contributed by atoms with van der Waals surface area (Å²) in [5.74, 6) is -0.353. The third-order valence-corrected chi connectivity index (χ3v) is 5.09. The molecule has 27 heavy (non-hydrogen) atoms. The molecule has 1 heterocycles. The van der Waals surface area contributed by atoms with Gasteiger partial charge in [0.25, 0.3) is 0 Å². The van der Waals surface area contributed by atoms with E-state index < -0.39 is 27.3 Å². The predicted molar refractivity (Wildman–Crippen MR) is 91.9 cm³/mol. The van der Waals surface area contributed by atoms with Crippen molar-refractivity contribution in [3.8, 4) is 5.75 Å². The number of hydrogen-bond acceptors (Lipinski definition) is 5. The molecule has 0 unspecified atom stereocenters. The number of aryl methyl sites for hydroxylation is 1. The number of carbonyl (C=O) groups excluding carboxylic acids is 1. The molecular formula is C17H22F3NO5S. The fourth-order valence-corrected chi connectivity index (χ4v) is 3.32. The van der Waals surface area contributed by atoms with Crippen molar-refractivity contribution in [2.45, 2.75) is 58.7 Å². The minimum Gasteiger partial charge on any atom is -0.444 e. The van der Waals surface area contributed by atoms with Crippen molar-refractivity contribution in [3.63, 3.8) is 0 Å². The maximum absolute atomic E-state index is 12.6. The van der Waals surface area contributed by atoms with Crippen molar-refractivity contribution in [2.24, 2.45) is 0 Å².